The van der Waals surface area contributed by atoms with Gasteiger partial charge in [-0.2, -0.15) is 5.26 Å². The van der Waals surface area contributed by atoms with Crippen LogP contribution in [0, 0.1) is 34.5 Å². The number of methoxy groups -OCH3 is 1. The third-order valence-electron chi connectivity index (χ3n) is 9.24. The van der Waals surface area contributed by atoms with Crippen LogP contribution >= 0.6 is 11.8 Å². The molecule has 4 aliphatic heterocycles. The van der Waals surface area contributed by atoms with Crippen LogP contribution in [0.3, 0.4) is 0 Å². The van der Waals surface area contributed by atoms with Gasteiger partial charge in [0.25, 0.3) is 0 Å². The van der Waals surface area contributed by atoms with E-state index >= 15 is 0 Å². The van der Waals surface area contributed by atoms with E-state index in [9.17, 15) is 14.9 Å². The van der Waals surface area contributed by atoms with Gasteiger partial charge in [0.1, 0.15) is 10.9 Å². The smallest absolute Gasteiger partial charge is 0.243 e. The molecule has 5 rings (SSSR count). The molecule has 0 spiro atoms. The van der Waals surface area contributed by atoms with Gasteiger partial charge in [0, 0.05) is 57.3 Å². The van der Waals surface area contributed by atoms with Gasteiger partial charge in [0.2, 0.25) is 11.8 Å². The first-order valence-corrected chi connectivity index (χ1v) is 14.6. The molecule has 9 nitrogen and oxygen atoms in total. The van der Waals surface area contributed by atoms with Crippen molar-refractivity contribution in [2.75, 3.05) is 40.0 Å². The zero-order valence-corrected chi connectivity index (χ0v) is 22.4. The number of thioether (sulfide) groups is 1. The van der Waals surface area contributed by atoms with Crippen LogP contribution in [0.2, 0.25) is 0 Å². The normalized spacial score (nSPS) is 40.3. The molecule has 1 saturated carbocycles. The van der Waals surface area contributed by atoms with Crippen molar-refractivity contribution in [2.45, 2.75) is 80.8 Å². The number of nitrogens with zero attached hydrogens (tertiary/aromatic N) is 2. The fourth-order valence-electron chi connectivity index (χ4n) is 7.16. The highest BCUT2D eigenvalue weighted by atomic mass is 32.2. The largest absolute Gasteiger partial charge is 0.381 e. The Bertz CT molecular complexity index is 848. The molecule has 1 aliphatic carbocycles. The highest BCUT2D eigenvalue weighted by molar-refractivity contribution is 8.00. The minimum atomic E-state index is -0.950. The second-order valence-corrected chi connectivity index (χ2v) is 12.7. The van der Waals surface area contributed by atoms with Crippen molar-refractivity contribution in [1.29, 1.82) is 5.26 Å². The number of nitriles is 1. The van der Waals surface area contributed by atoms with Crippen LogP contribution in [-0.2, 0) is 19.1 Å². The number of fused-ring (bicyclic) bond motifs is 1. The molecule has 5 fully saturated rings. The summed E-state index contributed by atoms with van der Waals surface area (Å²) in [5.74, 6) is 0.753. The lowest BCUT2D eigenvalue weighted by molar-refractivity contribution is -0.142. The molecule has 4 heterocycles. The third-order valence-corrected chi connectivity index (χ3v) is 10.6. The second kappa shape index (κ2) is 11.2. The molecule has 4 saturated heterocycles. The maximum atomic E-state index is 13.5. The van der Waals surface area contributed by atoms with Crippen LogP contribution in [0.5, 0.6) is 0 Å². The van der Waals surface area contributed by atoms with Gasteiger partial charge in [-0.3, -0.25) is 14.9 Å². The lowest BCUT2D eigenvalue weighted by Crippen LogP contribution is -2.55. The number of nitrogens with one attached hydrogen (secondary N) is 3. The van der Waals surface area contributed by atoms with Crippen LogP contribution in [0.15, 0.2) is 0 Å². The predicted octanol–water partition coefficient (Wildman–Crippen LogP) is 1.44. The molecule has 0 aromatic carbocycles. The summed E-state index contributed by atoms with van der Waals surface area (Å²) in [6, 6.07) is 2.83. The Labute approximate surface area is 218 Å². The van der Waals surface area contributed by atoms with E-state index in [0.717, 1.165) is 19.3 Å². The molecule has 36 heavy (non-hydrogen) atoms. The predicted molar refractivity (Wildman–Crippen MR) is 137 cm³/mol. The standard InChI is InChI=1S/C26H41N5O4S/c1-16-11-18(17-5-3-4-6-21(17)34-2)19(12-28-16)23(32)30-25-29-20-13-31(14-22(20)36-25)24(33)26(15-27)7-9-35-10-8-26/h16-22,25,28-29H,3-14H2,1-2H3,(H,30,32). The van der Waals surface area contributed by atoms with Gasteiger partial charge < -0.3 is 25.0 Å². The first kappa shape index (κ1) is 26.2. The topological polar surface area (TPSA) is 116 Å². The van der Waals surface area contributed by atoms with E-state index in [4.69, 9.17) is 9.47 Å². The Hall–Kier alpha value is -1.38. The molecular weight excluding hydrogens is 478 g/mol. The molecule has 0 radical (unpaired) electrons. The fraction of sp³-hybridized carbons (Fsp3) is 0.885. The molecule has 10 heteroatoms. The molecule has 8 unspecified atom stereocenters. The number of piperidine rings is 1. The maximum absolute atomic E-state index is 13.5. The summed E-state index contributed by atoms with van der Waals surface area (Å²) >= 11 is 1.70. The monoisotopic (exact) mass is 519 g/mol. The number of carbonyl (C=O) groups is 2. The van der Waals surface area contributed by atoms with E-state index in [1.165, 1.54) is 12.8 Å². The number of amides is 2. The van der Waals surface area contributed by atoms with Crippen molar-refractivity contribution in [3.63, 3.8) is 0 Å². The summed E-state index contributed by atoms with van der Waals surface area (Å²) in [5.41, 5.74) is -1.10. The first-order valence-electron chi connectivity index (χ1n) is 13.7. The van der Waals surface area contributed by atoms with Crippen LogP contribution in [0.25, 0.3) is 0 Å². The fourth-order valence-corrected chi connectivity index (χ4v) is 8.57. The van der Waals surface area contributed by atoms with Crippen molar-refractivity contribution in [2.24, 2.45) is 23.2 Å². The zero-order valence-electron chi connectivity index (χ0n) is 21.5. The third kappa shape index (κ3) is 5.14. The summed E-state index contributed by atoms with van der Waals surface area (Å²) in [6.07, 6.45) is 6.84. The first-order chi connectivity index (χ1) is 17.4. The molecule has 0 aromatic rings. The van der Waals surface area contributed by atoms with Crippen molar-refractivity contribution in [1.82, 2.24) is 20.9 Å². The maximum Gasteiger partial charge on any atom is 0.243 e. The average Bonchev–Trinajstić information content (AvgIpc) is 3.47. The number of ether oxygens (including phenoxy) is 2. The van der Waals surface area contributed by atoms with E-state index < -0.39 is 5.41 Å². The summed E-state index contributed by atoms with van der Waals surface area (Å²) in [5, 5.41) is 20.3. The number of carbonyl (C=O) groups excluding carboxylic acids is 2. The lowest BCUT2D eigenvalue weighted by Gasteiger charge is -2.44. The molecule has 200 valence electrons. The average molecular weight is 520 g/mol. The molecule has 0 aromatic heterocycles. The number of hydrogen-bond acceptors (Lipinski definition) is 8. The van der Waals surface area contributed by atoms with E-state index in [-0.39, 0.29) is 40.6 Å². The van der Waals surface area contributed by atoms with Gasteiger partial charge in [-0.1, -0.05) is 12.8 Å². The van der Waals surface area contributed by atoms with Crippen LogP contribution in [0.4, 0.5) is 0 Å². The SMILES string of the molecule is COC1CCCCC1C1CC(C)NCC1C(=O)NC1NC2CN(C(=O)C3(C#N)CCOCC3)CC2S1. The quantitative estimate of drug-likeness (QED) is 0.500. The molecule has 0 bridgehead atoms. The van der Waals surface area contributed by atoms with Gasteiger partial charge >= 0.3 is 0 Å². The number of rotatable bonds is 5. The van der Waals surface area contributed by atoms with E-state index in [2.05, 4.69) is 28.9 Å². The van der Waals surface area contributed by atoms with Gasteiger partial charge in [0.15, 0.2) is 0 Å². The summed E-state index contributed by atoms with van der Waals surface area (Å²) in [4.78, 5) is 28.6. The number of likely N-dealkylation sites (tertiary alicyclic amines) is 1. The van der Waals surface area contributed by atoms with E-state index in [1.54, 1.807) is 11.8 Å². The van der Waals surface area contributed by atoms with Crippen molar-refractivity contribution in [3.8, 4) is 6.07 Å². The Balaban J connectivity index is 1.17. The van der Waals surface area contributed by atoms with Gasteiger partial charge in [0.05, 0.1) is 18.1 Å². The Morgan fingerprint density at radius 3 is 2.69 bits per heavy atom. The molecule has 3 N–H and O–H groups in total. The summed E-state index contributed by atoms with van der Waals surface area (Å²) < 4.78 is 11.3. The van der Waals surface area contributed by atoms with Crippen LogP contribution < -0.4 is 16.0 Å². The van der Waals surface area contributed by atoms with E-state index in [0.29, 0.717) is 63.6 Å². The van der Waals surface area contributed by atoms with Crippen LogP contribution in [0.1, 0.15) is 51.9 Å². The van der Waals surface area contributed by atoms with Crippen molar-refractivity contribution < 1.29 is 19.1 Å². The van der Waals surface area contributed by atoms with Gasteiger partial charge in [-0.05, 0) is 50.9 Å². The van der Waals surface area contributed by atoms with Crippen molar-refractivity contribution in [3.05, 3.63) is 0 Å². The molecular formula is C26H41N5O4S. The number of hydrogen-bond donors (Lipinski definition) is 3. The minimum Gasteiger partial charge on any atom is -0.381 e. The Kier molecular flexibility index (Phi) is 8.13. The highest BCUT2D eigenvalue weighted by Crippen LogP contribution is 2.41. The second-order valence-electron chi connectivity index (χ2n) is 11.4. The minimum absolute atomic E-state index is 0.0592. The van der Waals surface area contributed by atoms with Crippen LogP contribution in [-0.4, -0.2) is 85.6 Å². The Morgan fingerprint density at radius 1 is 1.19 bits per heavy atom. The van der Waals surface area contributed by atoms with Gasteiger partial charge in [-0.25, -0.2) is 0 Å². The summed E-state index contributed by atoms with van der Waals surface area (Å²) in [6.45, 7) is 5.03. The van der Waals surface area contributed by atoms with Crippen molar-refractivity contribution >= 4 is 23.6 Å². The van der Waals surface area contributed by atoms with E-state index in [1.807, 2.05) is 12.0 Å². The zero-order chi connectivity index (χ0) is 25.3. The van der Waals surface area contributed by atoms with Gasteiger partial charge in [-0.15, -0.1) is 11.8 Å². The molecule has 2 amide bonds. The highest BCUT2D eigenvalue weighted by Gasteiger charge is 2.50. The Morgan fingerprint density at radius 2 is 1.97 bits per heavy atom. The summed E-state index contributed by atoms with van der Waals surface area (Å²) in [7, 11) is 1.81. The molecule has 8 atom stereocenters. The lowest BCUT2D eigenvalue weighted by atomic mass is 9.68. The molecule has 5 aliphatic rings.